The van der Waals surface area contributed by atoms with Crippen molar-refractivity contribution in [2.75, 3.05) is 12.4 Å². The molecule has 21 heavy (non-hydrogen) atoms. The van der Waals surface area contributed by atoms with Crippen LogP contribution in [0.3, 0.4) is 0 Å². The Hall–Kier alpha value is -1.31. The Morgan fingerprint density at radius 3 is 3.00 bits per heavy atom. The summed E-state index contributed by atoms with van der Waals surface area (Å²) < 4.78 is 12.2. The zero-order valence-electron chi connectivity index (χ0n) is 10.9. The first-order valence-electron chi connectivity index (χ1n) is 6.20. The quantitative estimate of drug-likeness (QED) is 0.455. The van der Waals surface area contributed by atoms with Gasteiger partial charge in [0.2, 0.25) is 0 Å². The highest BCUT2D eigenvalue weighted by atomic mass is 79.9. The number of aromatic nitrogens is 2. The summed E-state index contributed by atoms with van der Waals surface area (Å²) in [5.41, 5.74) is 0. The molecule has 4 nitrogen and oxygen atoms in total. The van der Waals surface area contributed by atoms with Gasteiger partial charge in [-0.25, -0.2) is 0 Å². The summed E-state index contributed by atoms with van der Waals surface area (Å²) in [7, 11) is 0. The van der Waals surface area contributed by atoms with Gasteiger partial charge in [-0.15, -0.1) is 21.5 Å². The minimum atomic E-state index is 0.566. The van der Waals surface area contributed by atoms with Crippen molar-refractivity contribution in [1.29, 1.82) is 0 Å². The molecule has 0 unspecified atom stereocenters. The highest BCUT2D eigenvalue weighted by molar-refractivity contribution is 9.10. The van der Waals surface area contributed by atoms with Gasteiger partial charge in [0.1, 0.15) is 5.75 Å². The lowest BCUT2D eigenvalue weighted by Crippen LogP contribution is -1.99. The number of benzene rings is 1. The molecule has 0 aliphatic heterocycles. The standard InChI is InChI=1S/C14H11BrN2O2S2/c15-10-3-1-4-11(9-10)18-6-8-21-14-17-16-13(19-14)12-5-2-7-20-12/h1-5,7,9H,6,8H2. The zero-order valence-corrected chi connectivity index (χ0v) is 14.1. The summed E-state index contributed by atoms with van der Waals surface area (Å²) in [6, 6.07) is 11.7. The van der Waals surface area contributed by atoms with Crippen molar-refractivity contribution in [2.24, 2.45) is 0 Å². The Morgan fingerprint density at radius 1 is 1.24 bits per heavy atom. The third kappa shape index (κ3) is 4.09. The highest BCUT2D eigenvalue weighted by Crippen LogP contribution is 2.26. The second kappa shape index (κ2) is 7.11. The summed E-state index contributed by atoms with van der Waals surface area (Å²) in [5, 5.41) is 10.6. The number of halogens is 1. The van der Waals surface area contributed by atoms with Crippen LogP contribution in [-0.4, -0.2) is 22.6 Å². The molecule has 108 valence electrons. The summed E-state index contributed by atoms with van der Waals surface area (Å²) in [6.45, 7) is 0.581. The summed E-state index contributed by atoms with van der Waals surface area (Å²) in [5.74, 6) is 2.16. The van der Waals surface area contributed by atoms with E-state index < -0.39 is 0 Å². The smallest absolute Gasteiger partial charge is 0.277 e. The molecular formula is C14H11BrN2O2S2. The van der Waals surface area contributed by atoms with E-state index in [9.17, 15) is 0 Å². The van der Waals surface area contributed by atoms with Crippen molar-refractivity contribution in [3.05, 3.63) is 46.3 Å². The molecular weight excluding hydrogens is 372 g/mol. The number of hydrogen-bond acceptors (Lipinski definition) is 6. The Kier molecular flexibility index (Phi) is 4.95. The van der Waals surface area contributed by atoms with Crippen molar-refractivity contribution in [3.8, 4) is 16.5 Å². The Bertz CT molecular complexity index is 701. The summed E-state index contributed by atoms with van der Waals surface area (Å²) >= 11 is 6.48. The first-order valence-corrected chi connectivity index (χ1v) is 8.85. The average Bonchev–Trinajstić information content (AvgIpc) is 3.14. The number of rotatable bonds is 6. The van der Waals surface area contributed by atoms with Gasteiger partial charge < -0.3 is 9.15 Å². The first kappa shape index (κ1) is 14.6. The number of thioether (sulfide) groups is 1. The van der Waals surface area contributed by atoms with Crippen LogP contribution in [-0.2, 0) is 0 Å². The number of nitrogens with zero attached hydrogens (tertiary/aromatic N) is 2. The zero-order chi connectivity index (χ0) is 14.5. The third-order valence-corrected chi connectivity index (χ3v) is 4.65. The maximum absolute atomic E-state index is 5.65. The van der Waals surface area contributed by atoms with Crippen molar-refractivity contribution < 1.29 is 9.15 Å². The SMILES string of the molecule is Brc1cccc(OCCSc2nnc(-c3cccs3)o2)c1. The van der Waals surface area contributed by atoms with Gasteiger partial charge in [0.25, 0.3) is 11.1 Å². The van der Waals surface area contributed by atoms with E-state index in [1.165, 1.54) is 11.8 Å². The van der Waals surface area contributed by atoms with E-state index in [-0.39, 0.29) is 0 Å². The van der Waals surface area contributed by atoms with E-state index in [1.54, 1.807) is 11.3 Å². The molecule has 0 radical (unpaired) electrons. The Balaban J connectivity index is 1.48. The predicted molar refractivity (Wildman–Crippen MR) is 88.0 cm³/mol. The fraction of sp³-hybridized carbons (Fsp3) is 0.143. The largest absolute Gasteiger partial charge is 0.493 e. The Morgan fingerprint density at radius 2 is 2.19 bits per heavy atom. The number of hydrogen-bond donors (Lipinski definition) is 0. The highest BCUT2D eigenvalue weighted by Gasteiger charge is 2.09. The van der Waals surface area contributed by atoms with Gasteiger partial charge in [-0.3, -0.25) is 0 Å². The lowest BCUT2D eigenvalue weighted by atomic mass is 10.3. The molecule has 0 saturated carbocycles. The number of thiophene rings is 1. The molecule has 2 heterocycles. The fourth-order valence-electron chi connectivity index (χ4n) is 1.61. The normalized spacial score (nSPS) is 10.7. The maximum atomic E-state index is 5.65. The van der Waals surface area contributed by atoms with Gasteiger partial charge in [-0.2, -0.15) is 0 Å². The van der Waals surface area contributed by atoms with Crippen molar-refractivity contribution >= 4 is 39.0 Å². The maximum Gasteiger partial charge on any atom is 0.277 e. The first-order chi connectivity index (χ1) is 10.3. The second-order valence-corrected chi connectivity index (χ2v) is 6.91. The molecule has 2 aromatic heterocycles. The summed E-state index contributed by atoms with van der Waals surface area (Å²) in [6.07, 6.45) is 0. The van der Waals surface area contributed by atoms with Gasteiger partial charge in [0.05, 0.1) is 11.5 Å². The second-order valence-electron chi connectivity index (χ2n) is 4.00. The van der Waals surface area contributed by atoms with E-state index in [4.69, 9.17) is 9.15 Å². The van der Waals surface area contributed by atoms with Crippen LogP contribution in [0.15, 0.2) is 55.9 Å². The van der Waals surface area contributed by atoms with Gasteiger partial charge in [0, 0.05) is 10.2 Å². The molecule has 0 N–H and O–H groups in total. The van der Waals surface area contributed by atoms with Crippen molar-refractivity contribution in [3.63, 3.8) is 0 Å². The van der Waals surface area contributed by atoms with Crippen LogP contribution >= 0.6 is 39.0 Å². The van der Waals surface area contributed by atoms with Crippen LogP contribution in [0.2, 0.25) is 0 Å². The van der Waals surface area contributed by atoms with E-state index in [0.717, 1.165) is 20.9 Å². The minimum Gasteiger partial charge on any atom is -0.493 e. The van der Waals surface area contributed by atoms with Crippen molar-refractivity contribution in [2.45, 2.75) is 5.22 Å². The molecule has 0 saturated heterocycles. The molecule has 0 spiro atoms. The topological polar surface area (TPSA) is 48.2 Å². The van der Waals surface area contributed by atoms with Crippen LogP contribution < -0.4 is 4.74 Å². The molecule has 0 atom stereocenters. The molecule has 0 bridgehead atoms. The monoisotopic (exact) mass is 382 g/mol. The van der Waals surface area contributed by atoms with Crippen LogP contribution in [0.4, 0.5) is 0 Å². The van der Waals surface area contributed by atoms with E-state index >= 15 is 0 Å². The average molecular weight is 383 g/mol. The minimum absolute atomic E-state index is 0.566. The predicted octanol–water partition coefficient (Wildman–Crippen LogP) is 4.73. The van der Waals surface area contributed by atoms with Crippen LogP contribution in [0.25, 0.3) is 10.8 Å². The van der Waals surface area contributed by atoms with Gasteiger partial charge in [-0.1, -0.05) is 39.8 Å². The lowest BCUT2D eigenvalue weighted by molar-refractivity contribution is 0.343. The fourth-order valence-corrected chi connectivity index (χ4v) is 3.21. The molecule has 0 fully saturated rings. The summed E-state index contributed by atoms with van der Waals surface area (Å²) in [4.78, 5) is 0.986. The molecule has 3 aromatic rings. The van der Waals surface area contributed by atoms with Crippen molar-refractivity contribution in [1.82, 2.24) is 10.2 Å². The molecule has 7 heteroatoms. The molecule has 1 aromatic carbocycles. The van der Waals surface area contributed by atoms with E-state index in [0.29, 0.717) is 17.7 Å². The van der Waals surface area contributed by atoms with Gasteiger partial charge in [0.15, 0.2) is 0 Å². The Labute approximate surface area is 138 Å². The molecule has 3 rings (SSSR count). The van der Waals surface area contributed by atoms with Crippen LogP contribution in [0.5, 0.6) is 5.75 Å². The third-order valence-electron chi connectivity index (χ3n) is 2.51. The van der Waals surface area contributed by atoms with Gasteiger partial charge in [-0.05, 0) is 29.6 Å². The molecule has 0 aliphatic rings. The number of ether oxygens (including phenoxy) is 1. The van der Waals surface area contributed by atoms with E-state index in [2.05, 4.69) is 26.1 Å². The van der Waals surface area contributed by atoms with Crippen LogP contribution in [0, 0.1) is 0 Å². The van der Waals surface area contributed by atoms with E-state index in [1.807, 2.05) is 41.8 Å². The van der Waals surface area contributed by atoms with Gasteiger partial charge >= 0.3 is 0 Å². The molecule has 0 amide bonds. The van der Waals surface area contributed by atoms with Crippen LogP contribution in [0.1, 0.15) is 0 Å². The lowest BCUT2D eigenvalue weighted by Gasteiger charge is -2.04. The molecule has 0 aliphatic carbocycles.